The van der Waals surface area contributed by atoms with Gasteiger partial charge in [-0.05, 0) is 44.2 Å². The Kier molecular flexibility index (Phi) is 6.85. The van der Waals surface area contributed by atoms with Crippen molar-refractivity contribution in [2.45, 2.75) is 13.8 Å². The number of carbonyl (C=O) groups is 3. The zero-order valence-corrected chi connectivity index (χ0v) is 17.0. The van der Waals surface area contributed by atoms with Crippen LogP contribution in [0.1, 0.15) is 29.8 Å². The van der Waals surface area contributed by atoms with Crippen LogP contribution in [0.4, 0.5) is 5.69 Å². The Hall–Kier alpha value is -3.61. The van der Waals surface area contributed by atoms with Gasteiger partial charge in [0.05, 0.1) is 5.57 Å². The molecule has 2 amide bonds. The van der Waals surface area contributed by atoms with Gasteiger partial charge in [0.1, 0.15) is 12.4 Å². The van der Waals surface area contributed by atoms with Crippen LogP contribution in [0.2, 0.25) is 0 Å². The summed E-state index contributed by atoms with van der Waals surface area (Å²) in [6.45, 7) is 4.68. The highest BCUT2D eigenvalue weighted by Crippen LogP contribution is 2.26. The Morgan fingerprint density at radius 2 is 1.83 bits per heavy atom. The molecule has 0 bridgehead atoms. The number of ether oxygens (including phenoxy) is 2. The van der Waals surface area contributed by atoms with Gasteiger partial charge in [0.15, 0.2) is 6.61 Å². The minimum absolute atomic E-state index is 0.0903. The minimum atomic E-state index is -0.606. The van der Waals surface area contributed by atoms with Crippen molar-refractivity contribution in [1.82, 2.24) is 4.90 Å². The van der Waals surface area contributed by atoms with Gasteiger partial charge in [0.25, 0.3) is 11.8 Å². The summed E-state index contributed by atoms with van der Waals surface area (Å²) in [6.07, 6.45) is 1.70. The van der Waals surface area contributed by atoms with Crippen LogP contribution < -0.4 is 10.1 Å². The van der Waals surface area contributed by atoms with E-state index in [9.17, 15) is 14.4 Å². The van der Waals surface area contributed by atoms with Gasteiger partial charge in [0.2, 0.25) is 0 Å². The quantitative estimate of drug-likeness (QED) is 0.712. The Bertz CT molecular complexity index is 979. The first kappa shape index (κ1) is 21.1. The number of rotatable bonds is 7. The van der Waals surface area contributed by atoms with Crippen molar-refractivity contribution in [3.8, 4) is 5.75 Å². The minimum Gasteiger partial charge on any atom is -0.488 e. The van der Waals surface area contributed by atoms with Crippen LogP contribution >= 0.6 is 0 Å². The van der Waals surface area contributed by atoms with Crippen LogP contribution in [0.3, 0.4) is 0 Å². The van der Waals surface area contributed by atoms with Gasteiger partial charge in [-0.1, -0.05) is 24.3 Å². The Labute approximate surface area is 175 Å². The zero-order valence-electron chi connectivity index (χ0n) is 17.0. The summed E-state index contributed by atoms with van der Waals surface area (Å²) in [7, 11) is 0. The molecule has 1 heterocycles. The van der Waals surface area contributed by atoms with Gasteiger partial charge >= 0.3 is 5.97 Å². The van der Waals surface area contributed by atoms with Gasteiger partial charge in [-0.3, -0.25) is 9.59 Å². The van der Waals surface area contributed by atoms with E-state index in [1.807, 2.05) is 38.1 Å². The highest BCUT2D eigenvalue weighted by atomic mass is 16.5. The van der Waals surface area contributed by atoms with E-state index in [2.05, 4.69) is 5.32 Å². The predicted molar refractivity (Wildman–Crippen MR) is 113 cm³/mol. The molecule has 0 saturated carbocycles. The van der Waals surface area contributed by atoms with Crippen molar-refractivity contribution in [3.05, 3.63) is 65.2 Å². The summed E-state index contributed by atoms with van der Waals surface area (Å²) in [5, 5.41) is 2.65. The molecule has 0 radical (unpaired) electrons. The molecule has 0 aliphatic carbocycles. The lowest BCUT2D eigenvalue weighted by Gasteiger charge is -2.19. The van der Waals surface area contributed by atoms with Crippen LogP contribution in [0.5, 0.6) is 5.75 Å². The zero-order chi connectivity index (χ0) is 21.5. The molecule has 0 unspecified atom stereocenters. The first-order valence-corrected chi connectivity index (χ1v) is 9.80. The van der Waals surface area contributed by atoms with Gasteiger partial charge in [-0.2, -0.15) is 0 Å². The fourth-order valence-corrected chi connectivity index (χ4v) is 3.08. The molecule has 30 heavy (non-hydrogen) atoms. The summed E-state index contributed by atoms with van der Waals surface area (Å²) >= 11 is 0. The van der Waals surface area contributed by atoms with E-state index in [1.54, 1.807) is 35.2 Å². The second kappa shape index (κ2) is 9.73. The number of nitrogens with one attached hydrogen (secondary N) is 1. The lowest BCUT2D eigenvalue weighted by Crippen LogP contribution is -2.30. The van der Waals surface area contributed by atoms with E-state index < -0.39 is 18.5 Å². The standard InChI is InChI=1S/C23H24N2O5/c1-3-25(4-2)22(27)17-9-7-10-19(13-17)24-21(26)15-30-23(28)18-12-16-8-5-6-11-20(16)29-14-18/h5-13H,3-4,14-15H2,1-2H3,(H,24,26). The first-order valence-electron chi connectivity index (χ1n) is 9.80. The van der Waals surface area contributed by atoms with Crippen molar-refractivity contribution in [2.75, 3.05) is 31.6 Å². The van der Waals surface area contributed by atoms with Crippen LogP contribution in [0, 0.1) is 0 Å². The molecule has 1 N–H and O–H groups in total. The summed E-state index contributed by atoms with van der Waals surface area (Å²) in [5.74, 6) is -0.503. The van der Waals surface area contributed by atoms with E-state index in [0.29, 0.717) is 35.7 Å². The lowest BCUT2D eigenvalue weighted by atomic mass is 10.1. The molecular weight excluding hydrogens is 384 g/mol. The SMILES string of the molecule is CCN(CC)C(=O)c1cccc(NC(=O)COC(=O)C2=Cc3ccccc3OC2)c1. The fourth-order valence-electron chi connectivity index (χ4n) is 3.08. The molecule has 3 rings (SSSR count). The van der Waals surface area contributed by atoms with E-state index in [1.165, 1.54) is 0 Å². The summed E-state index contributed by atoms with van der Waals surface area (Å²) in [5.41, 5.74) is 2.07. The molecule has 0 atom stereocenters. The van der Waals surface area contributed by atoms with Crippen LogP contribution in [0.25, 0.3) is 6.08 Å². The Morgan fingerprint density at radius 3 is 2.60 bits per heavy atom. The molecule has 156 valence electrons. The maximum Gasteiger partial charge on any atom is 0.338 e. The Morgan fingerprint density at radius 1 is 1.07 bits per heavy atom. The number of amides is 2. The maximum atomic E-state index is 12.4. The van der Waals surface area contributed by atoms with Crippen LogP contribution in [-0.2, 0) is 14.3 Å². The number of nitrogens with zero attached hydrogens (tertiary/aromatic N) is 1. The normalized spacial score (nSPS) is 12.1. The smallest absolute Gasteiger partial charge is 0.338 e. The number of benzene rings is 2. The van der Waals surface area contributed by atoms with Crippen LogP contribution in [-0.4, -0.2) is 49.0 Å². The van der Waals surface area contributed by atoms with Gasteiger partial charge in [0, 0.05) is 29.9 Å². The maximum absolute atomic E-state index is 12.4. The average Bonchev–Trinajstić information content (AvgIpc) is 2.78. The van der Waals surface area contributed by atoms with Crippen molar-refractivity contribution in [3.63, 3.8) is 0 Å². The van der Waals surface area contributed by atoms with E-state index in [0.717, 1.165) is 5.56 Å². The number of carbonyl (C=O) groups excluding carboxylic acids is 3. The molecule has 2 aromatic carbocycles. The Balaban J connectivity index is 1.56. The number of anilines is 1. The summed E-state index contributed by atoms with van der Waals surface area (Å²) in [6, 6.07) is 14.0. The number of para-hydroxylation sites is 1. The van der Waals surface area contributed by atoms with E-state index in [4.69, 9.17) is 9.47 Å². The number of esters is 1. The average molecular weight is 408 g/mol. The lowest BCUT2D eigenvalue weighted by molar-refractivity contribution is -0.143. The third-order valence-electron chi connectivity index (χ3n) is 4.67. The largest absolute Gasteiger partial charge is 0.488 e. The van der Waals surface area contributed by atoms with Crippen molar-refractivity contribution in [2.24, 2.45) is 0 Å². The molecule has 0 spiro atoms. The molecule has 0 aromatic heterocycles. The molecule has 7 nitrogen and oxygen atoms in total. The second-order valence-corrected chi connectivity index (χ2v) is 6.68. The third kappa shape index (κ3) is 5.05. The highest BCUT2D eigenvalue weighted by Gasteiger charge is 2.19. The van der Waals surface area contributed by atoms with Gasteiger partial charge < -0.3 is 19.7 Å². The fraction of sp³-hybridized carbons (Fsp3) is 0.261. The number of fused-ring (bicyclic) bond motifs is 1. The molecule has 1 aliphatic heterocycles. The highest BCUT2D eigenvalue weighted by molar-refractivity contribution is 5.99. The molecular formula is C23H24N2O5. The van der Waals surface area contributed by atoms with E-state index in [-0.39, 0.29) is 12.5 Å². The van der Waals surface area contributed by atoms with Crippen molar-refractivity contribution >= 4 is 29.5 Å². The molecule has 7 heteroatoms. The molecule has 0 fully saturated rings. The van der Waals surface area contributed by atoms with Crippen LogP contribution in [0.15, 0.2) is 54.1 Å². The third-order valence-corrected chi connectivity index (χ3v) is 4.67. The molecule has 0 saturated heterocycles. The number of hydrogen-bond acceptors (Lipinski definition) is 5. The summed E-state index contributed by atoms with van der Waals surface area (Å²) < 4.78 is 10.6. The summed E-state index contributed by atoms with van der Waals surface area (Å²) in [4.78, 5) is 38.6. The van der Waals surface area contributed by atoms with Gasteiger partial charge in [-0.25, -0.2) is 4.79 Å². The first-order chi connectivity index (χ1) is 14.5. The van der Waals surface area contributed by atoms with Gasteiger partial charge in [-0.15, -0.1) is 0 Å². The number of hydrogen-bond donors (Lipinski definition) is 1. The molecule has 2 aromatic rings. The monoisotopic (exact) mass is 408 g/mol. The molecule has 1 aliphatic rings. The predicted octanol–water partition coefficient (Wildman–Crippen LogP) is 3.13. The topological polar surface area (TPSA) is 84.9 Å². The second-order valence-electron chi connectivity index (χ2n) is 6.68. The van der Waals surface area contributed by atoms with Crippen molar-refractivity contribution < 1.29 is 23.9 Å². The van der Waals surface area contributed by atoms with E-state index >= 15 is 0 Å². The van der Waals surface area contributed by atoms with Crippen molar-refractivity contribution in [1.29, 1.82) is 0 Å².